The van der Waals surface area contributed by atoms with Crippen LogP contribution in [0, 0.1) is 13.8 Å². The predicted octanol–water partition coefficient (Wildman–Crippen LogP) is 5.81. The smallest absolute Gasteiger partial charge is 0.175 e. The first kappa shape index (κ1) is 16.5. The van der Waals surface area contributed by atoms with Gasteiger partial charge in [0.15, 0.2) is 5.11 Å². The largest absolute Gasteiger partial charge is 0.332 e. The third kappa shape index (κ3) is 3.37. The molecule has 0 unspecified atom stereocenters. The molecule has 0 radical (unpaired) electrons. The van der Waals surface area contributed by atoms with Gasteiger partial charge in [-0.1, -0.05) is 30.3 Å². The Hall–Kier alpha value is -2.98. The van der Waals surface area contributed by atoms with Gasteiger partial charge in [0.2, 0.25) is 0 Å². The van der Waals surface area contributed by atoms with E-state index in [0.29, 0.717) is 5.11 Å². The Labute approximate surface area is 158 Å². The van der Waals surface area contributed by atoms with E-state index in [-0.39, 0.29) is 0 Å². The summed E-state index contributed by atoms with van der Waals surface area (Å²) in [7, 11) is 0. The lowest BCUT2D eigenvalue weighted by Crippen LogP contribution is -2.19. The maximum absolute atomic E-state index is 5.45. The van der Waals surface area contributed by atoms with Crippen LogP contribution in [0.1, 0.15) is 11.1 Å². The number of hydrogen-bond donors (Lipinski definition) is 2. The molecule has 0 saturated heterocycles. The van der Waals surface area contributed by atoms with Crippen LogP contribution in [0.15, 0.2) is 66.7 Å². The van der Waals surface area contributed by atoms with Crippen molar-refractivity contribution >= 4 is 50.5 Å². The standard InChI is InChI=1S/C22H19N3S/c1-14-7-9-18(11-15(14)2)23-22(26)24-19-10-8-17-12-16-5-3-4-6-20(16)25-21(17)13-19/h3-13H,1-2H3,(H2,23,24,26). The number of rotatable bonds is 2. The number of para-hydroxylation sites is 1. The summed E-state index contributed by atoms with van der Waals surface area (Å²) in [5.74, 6) is 0. The summed E-state index contributed by atoms with van der Waals surface area (Å²) < 4.78 is 0. The van der Waals surface area contributed by atoms with Crippen LogP contribution in [0.25, 0.3) is 21.8 Å². The van der Waals surface area contributed by atoms with Crippen LogP contribution in [0.3, 0.4) is 0 Å². The number of aryl methyl sites for hydroxylation is 2. The van der Waals surface area contributed by atoms with Crippen LogP contribution in [-0.4, -0.2) is 10.1 Å². The Morgan fingerprint density at radius 1 is 0.731 bits per heavy atom. The van der Waals surface area contributed by atoms with Crippen molar-refractivity contribution in [3.63, 3.8) is 0 Å². The molecule has 0 amide bonds. The zero-order valence-electron chi connectivity index (χ0n) is 14.7. The van der Waals surface area contributed by atoms with E-state index in [1.54, 1.807) is 0 Å². The molecule has 4 aromatic rings. The molecule has 26 heavy (non-hydrogen) atoms. The summed E-state index contributed by atoms with van der Waals surface area (Å²) in [6, 6.07) is 22.6. The van der Waals surface area contributed by atoms with Crippen molar-refractivity contribution in [1.29, 1.82) is 0 Å². The minimum Gasteiger partial charge on any atom is -0.332 e. The molecule has 1 aromatic heterocycles. The summed E-state index contributed by atoms with van der Waals surface area (Å²) >= 11 is 5.45. The molecule has 0 saturated carbocycles. The molecule has 0 aliphatic rings. The molecule has 0 aliphatic carbocycles. The molecule has 0 atom stereocenters. The summed E-state index contributed by atoms with van der Waals surface area (Å²) in [5, 5.41) is 9.30. The normalized spacial score (nSPS) is 10.8. The van der Waals surface area contributed by atoms with Crippen molar-refractivity contribution in [3.05, 3.63) is 77.9 Å². The summed E-state index contributed by atoms with van der Waals surface area (Å²) in [6.45, 7) is 4.19. The number of pyridine rings is 1. The van der Waals surface area contributed by atoms with Gasteiger partial charge in [-0.15, -0.1) is 0 Å². The van der Waals surface area contributed by atoms with Crippen LogP contribution in [-0.2, 0) is 0 Å². The molecule has 4 rings (SSSR count). The summed E-state index contributed by atoms with van der Waals surface area (Å²) in [6.07, 6.45) is 0. The van der Waals surface area contributed by atoms with Crippen molar-refractivity contribution in [3.8, 4) is 0 Å². The SMILES string of the molecule is Cc1ccc(NC(=S)Nc2ccc3cc4ccccc4nc3c2)cc1C. The second-order valence-electron chi connectivity index (χ2n) is 6.47. The van der Waals surface area contributed by atoms with E-state index in [0.717, 1.165) is 33.2 Å². The van der Waals surface area contributed by atoms with Crippen LogP contribution in [0.2, 0.25) is 0 Å². The Balaban J connectivity index is 1.57. The maximum Gasteiger partial charge on any atom is 0.175 e. The van der Waals surface area contributed by atoms with Gasteiger partial charge in [-0.05, 0) is 73.6 Å². The van der Waals surface area contributed by atoms with Gasteiger partial charge < -0.3 is 10.6 Å². The lowest BCUT2D eigenvalue weighted by Gasteiger charge is -2.12. The lowest BCUT2D eigenvalue weighted by atomic mass is 10.1. The highest BCUT2D eigenvalue weighted by Gasteiger charge is 2.04. The molecule has 0 aliphatic heterocycles. The minimum absolute atomic E-state index is 0.563. The Bertz CT molecular complexity index is 1130. The Morgan fingerprint density at radius 2 is 1.42 bits per heavy atom. The van der Waals surface area contributed by atoms with Crippen LogP contribution < -0.4 is 10.6 Å². The third-order valence-electron chi connectivity index (χ3n) is 4.54. The predicted molar refractivity (Wildman–Crippen MR) is 115 cm³/mol. The number of benzene rings is 3. The van der Waals surface area contributed by atoms with Gasteiger partial charge in [-0.2, -0.15) is 0 Å². The van der Waals surface area contributed by atoms with Crippen molar-refractivity contribution in [1.82, 2.24) is 4.98 Å². The van der Waals surface area contributed by atoms with Crippen molar-refractivity contribution in [2.75, 3.05) is 10.6 Å². The van der Waals surface area contributed by atoms with Crippen molar-refractivity contribution < 1.29 is 0 Å². The van der Waals surface area contributed by atoms with E-state index in [4.69, 9.17) is 17.2 Å². The zero-order chi connectivity index (χ0) is 18.1. The first-order valence-electron chi connectivity index (χ1n) is 8.53. The van der Waals surface area contributed by atoms with E-state index in [1.807, 2.05) is 36.4 Å². The molecule has 1 heterocycles. The molecular weight excluding hydrogens is 338 g/mol. The zero-order valence-corrected chi connectivity index (χ0v) is 15.5. The van der Waals surface area contributed by atoms with E-state index < -0.39 is 0 Å². The monoisotopic (exact) mass is 357 g/mol. The highest BCUT2D eigenvalue weighted by atomic mass is 32.1. The van der Waals surface area contributed by atoms with Crippen molar-refractivity contribution in [2.45, 2.75) is 13.8 Å². The molecule has 3 aromatic carbocycles. The average molecular weight is 357 g/mol. The van der Waals surface area contributed by atoms with Gasteiger partial charge in [-0.25, -0.2) is 4.98 Å². The van der Waals surface area contributed by atoms with Crippen LogP contribution in [0.4, 0.5) is 11.4 Å². The Kier molecular flexibility index (Phi) is 4.27. The molecule has 0 spiro atoms. The van der Waals surface area contributed by atoms with Gasteiger partial charge in [0, 0.05) is 22.1 Å². The van der Waals surface area contributed by atoms with Gasteiger partial charge in [0.05, 0.1) is 11.0 Å². The van der Waals surface area contributed by atoms with E-state index >= 15 is 0 Å². The number of aromatic nitrogens is 1. The molecule has 4 heteroatoms. The van der Waals surface area contributed by atoms with Gasteiger partial charge in [0.25, 0.3) is 0 Å². The van der Waals surface area contributed by atoms with Crippen molar-refractivity contribution in [2.24, 2.45) is 0 Å². The number of anilines is 2. The fourth-order valence-corrected chi connectivity index (χ4v) is 3.20. The van der Waals surface area contributed by atoms with Crippen LogP contribution >= 0.6 is 12.2 Å². The number of thiocarbonyl (C=S) groups is 1. The lowest BCUT2D eigenvalue weighted by molar-refractivity contribution is 1.34. The summed E-state index contributed by atoms with van der Waals surface area (Å²) in [4.78, 5) is 4.75. The fourth-order valence-electron chi connectivity index (χ4n) is 2.96. The molecule has 0 fully saturated rings. The first-order chi connectivity index (χ1) is 12.6. The van der Waals surface area contributed by atoms with E-state index in [9.17, 15) is 0 Å². The topological polar surface area (TPSA) is 37.0 Å². The minimum atomic E-state index is 0.563. The second-order valence-corrected chi connectivity index (χ2v) is 6.87. The van der Waals surface area contributed by atoms with Gasteiger partial charge in [-0.3, -0.25) is 0 Å². The van der Waals surface area contributed by atoms with E-state index in [2.05, 4.69) is 54.8 Å². The molecule has 3 nitrogen and oxygen atoms in total. The highest BCUT2D eigenvalue weighted by Crippen LogP contribution is 2.23. The van der Waals surface area contributed by atoms with Gasteiger partial charge in [0.1, 0.15) is 0 Å². The molecule has 0 bridgehead atoms. The molecular formula is C22H19N3S. The van der Waals surface area contributed by atoms with Gasteiger partial charge >= 0.3 is 0 Å². The number of nitrogens with one attached hydrogen (secondary N) is 2. The first-order valence-corrected chi connectivity index (χ1v) is 8.94. The average Bonchev–Trinajstić information content (AvgIpc) is 2.63. The quantitative estimate of drug-likeness (QED) is 0.350. The van der Waals surface area contributed by atoms with Crippen LogP contribution in [0.5, 0.6) is 0 Å². The highest BCUT2D eigenvalue weighted by molar-refractivity contribution is 7.80. The Morgan fingerprint density at radius 3 is 2.23 bits per heavy atom. The fraction of sp³-hybridized carbons (Fsp3) is 0.0909. The number of hydrogen-bond acceptors (Lipinski definition) is 2. The number of nitrogens with zero attached hydrogens (tertiary/aromatic N) is 1. The number of fused-ring (bicyclic) bond motifs is 2. The molecule has 2 N–H and O–H groups in total. The van der Waals surface area contributed by atoms with E-state index in [1.165, 1.54) is 11.1 Å². The third-order valence-corrected chi connectivity index (χ3v) is 4.75. The maximum atomic E-state index is 5.45. The summed E-state index contributed by atoms with van der Waals surface area (Å²) in [5.41, 5.74) is 6.34. The molecule has 128 valence electrons. The second kappa shape index (κ2) is 6.73.